The number of hydrogen-bond acceptors (Lipinski definition) is 7. The first-order valence-electron chi connectivity index (χ1n) is 11.6. The van der Waals surface area contributed by atoms with Crippen LogP contribution in [0.2, 0.25) is 0 Å². The van der Waals surface area contributed by atoms with E-state index in [1.807, 2.05) is 0 Å². The first-order chi connectivity index (χ1) is 15.2. The van der Waals surface area contributed by atoms with Gasteiger partial charge in [-0.15, -0.1) is 0 Å². The van der Waals surface area contributed by atoms with Crippen molar-refractivity contribution in [3.05, 3.63) is 28.7 Å². The molecule has 3 fully saturated rings. The molecular formula is C22H31N5O4S. The van der Waals surface area contributed by atoms with Crippen LogP contribution in [0.5, 0.6) is 0 Å². The number of hydrogen-bond donors (Lipinski definition) is 2. The van der Waals surface area contributed by atoms with E-state index in [0.29, 0.717) is 49.9 Å². The molecular weight excluding hydrogens is 430 g/mol. The summed E-state index contributed by atoms with van der Waals surface area (Å²) in [6.45, 7) is 2.77. The number of sulfonamides is 1. The molecule has 10 heteroatoms. The van der Waals surface area contributed by atoms with Crippen molar-refractivity contribution in [2.45, 2.75) is 69.6 Å². The summed E-state index contributed by atoms with van der Waals surface area (Å²) >= 11 is 0. The lowest BCUT2D eigenvalue weighted by molar-refractivity contribution is 0.0267. The first-order valence-corrected chi connectivity index (χ1v) is 13.2. The van der Waals surface area contributed by atoms with Gasteiger partial charge >= 0.3 is 0 Å². The molecule has 1 saturated heterocycles. The molecule has 2 N–H and O–H groups in total. The predicted molar refractivity (Wildman–Crippen MR) is 122 cm³/mol. The molecule has 0 unspecified atom stereocenters. The first kappa shape index (κ1) is 21.8. The van der Waals surface area contributed by atoms with Crippen molar-refractivity contribution in [2.75, 3.05) is 24.2 Å². The van der Waals surface area contributed by atoms with Crippen LogP contribution >= 0.6 is 0 Å². The van der Waals surface area contributed by atoms with Gasteiger partial charge in [0.1, 0.15) is 5.65 Å². The zero-order chi connectivity index (χ0) is 22.5. The highest BCUT2D eigenvalue weighted by Gasteiger charge is 2.39. The summed E-state index contributed by atoms with van der Waals surface area (Å²) in [7, 11) is -3.16. The van der Waals surface area contributed by atoms with Gasteiger partial charge in [0.2, 0.25) is 16.0 Å². The van der Waals surface area contributed by atoms with Gasteiger partial charge in [0.05, 0.1) is 17.4 Å². The number of aromatic nitrogens is 3. The molecule has 3 heterocycles. The highest BCUT2D eigenvalue weighted by Crippen LogP contribution is 2.39. The Balaban J connectivity index is 1.33. The summed E-state index contributed by atoms with van der Waals surface area (Å²) in [6.07, 6.45) is 7.36. The zero-order valence-electron chi connectivity index (χ0n) is 18.4. The summed E-state index contributed by atoms with van der Waals surface area (Å²) in [4.78, 5) is 21.8. The maximum Gasteiger partial charge on any atom is 0.252 e. The number of rotatable bonds is 6. The minimum absolute atomic E-state index is 0.0679. The minimum atomic E-state index is -3.16. The molecule has 2 atom stereocenters. The minimum Gasteiger partial charge on any atom is -0.388 e. The standard InChI is InChI=1S/C22H31N5O4S/c1-22(29)10-2-3-18(22)27-19(28)7-6-16-13-23-21(25-20(16)27)24-17-8-11-26(12-9-17)32(30,31)14-15-4-5-15/h6-7,13,15,17-18,29H,2-5,8-12,14H2,1H3,(H,23,24,25)/t18-,22-/m1/s1. The van der Waals surface area contributed by atoms with Gasteiger partial charge in [-0.2, -0.15) is 4.98 Å². The maximum atomic E-state index is 12.7. The quantitative estimate of drug-likeness (QED) is 0.674. The molecule has 0 bridgehead atoms. The summed E-state index contributed by atoms with van der Waals surface area (Å²) < 4.78 is 28.3. The Kier molecular flexibility index (Phi) is 5.50. The lowest BCUT2D eigenvalue weighted by atomic mass is 10.00. The van der Waals surface area contributed by atoms with Crippen LogP contribution in [-0.4, -0.2) is 62.8 Å². The Morgan fingerprint density at radius 3 is 2.59 bits per heavy atom. The van der Waals surface area contributed by atoms with E-state index in [1.54, 1.807) is 28.1 Å². The average Bonchev–Trinajstić information content (AvgIpc) is 3.48. The predicted octanol–water partition coefficient (Wildman–Crippen LogP) is 1.88. The van der Waals surface area contributed by atoms with Crippen LogP contribution in [0, 0.1) is 5.92 Å². The van der Waals surface area contributed by atoms with E-state index in [2.05, 4.69) is 15.3 Å². The van der Waals surface area contributed by atoms with Crippen molar-refractivity contribution in [3.8, 4) is 0 Å². The average molecular weight is 462 g/mol. The van der Waals surface area contributed by atoms with E-state index in [0.717, 1.165) is 31.1 Å². The van der Waals surface area contributed by atoms with Crippen LogP contribution in [-0.2, 0) is 10.0 Å². The van der Waals surface area contributed by atoms with Gasteiger partial charge in [-0.05, 0) is 63.9 Å². The van der Waals surface area contributed by atoms with Gasteiger partial charge in [0.15, 0.2) is 0 Å². The van der Waals surface area contributed by atoms with Crippen LogP contribution in [0.25, 0.3) is 11.0 Å². The van der Waals surface area contributed by atoms with Gasteiger partial charge < -0.3 is 10.4 Å². The Morgan fingerprint density at radius 2 is 1.94 bits per heavy atom. The lowest BCUT2D eigenvalue weighted by Crippen LogP contribution is -2.43. The summed E-state index contributed by atoms with van der Waals surface area (Å²) in [6, 6.07) is 2.97. The molecule has 0 spiro atoms. The molecule has 3 aliphatic rings. The van der Waals surface area contributed by atoms with Crippen LogP contribution in [0.15, 0.2) is 23.1 Å². The van der Waals surface area contributed by atoms with Crippen LogP contribution in [0.3, 0.4) is 0 Å². The number of aliphatic hydroxyl groups is 1. The van der Waals surface area contributed by atoms with E-state index in [4.69, 9.17) is 0 Å². The highest BCUT2D eigenvalue weighted by atomic mass is 32.2. The largest absolute Gasteiger partial charge is 0.388 e. The van der Waals surface area contributed by atoms with Crippen molar-refractivity contribution in [2.24, 2.45) is 5.92 Å². The lowest BCUT2D eigenvalue weighted by Gasteiger charge is -2.32. The van der Waals surface area contributed by atoms with Crippen molar-refractivity contribution >= 4 is 27.0 Å². The second-order valence-electron chi connectivity index (χ2n) is 9.82. The van der Waals surface area contributed by atoms with Crippen LogP contribution in [0.4, 0.5) is 5.95 Å². The van der Waals surface area contributed by atoms with Crippen molar-refractivity contribution < 1.29 is 13.5 Å². The van der Waals surface area contributed by atoms with Crippen molar-refractivity contribution in [1.82, 2.24) is 18.8 Å². The number of anilines is 1. The van der Waals surface area contributed by atoms with E-state index in [9.17, 15) is 18.3 Å². The third kappa shape index (κ3) is 4.27. The number of nitrogens with zero attached hydrogens (tertiary/aromatic N) is 4. The Bertz CT molecular complexity index is 1170. The summed E-state index contributed by atoms with van der Waals surface area (Å²) in [5, 5.41) is 14.9. The van der Waals surface area contributed by atoms with E-state index in [1.165, 1.54) is 6.07 Å². The second kappa shape index (κ2) is 8.07. The fourth-order valence-corrected chi connectivity index (χ4v) is 7.00. The van der Waals surface area contributed by atoms with Crippen molar-refractivity contribution in [1.29, 1.82) is 0 Å². The third-order valence-corrected chi connectivity index (χ3v) is 9.23. The number of fused-ring (bicyclic) bond motifs is 1. The zero-order valence-corrected chi connectivity index (χ0v) is 19.2. The van der Waals surface area contributed by atoms with E-state index < -0.39 is 15.6 Å². The summed E-state index contributed by atoms with van der Waals surface area (Å²) in [5.41, 5.74) is -0.606. The SMILES string of the molecule is C[C@@]1(O)CCC[C@H]1n1c(=O)ccc2cnc(NC3CCN(S(=O)(=O)CC4CC4)CC3)nc21. The van der Waals surface area contributed by atoms with Gasteiger partial charge in [-0.25, -0.2) is 17.7 Å². The molecule has 2 aliphatic carbocycles. The fraction of sp³-hybridized carbons (Fsp3) is 0.682. The van der Waals surface area contributed by atoms with Gasteiger partial charge in [-0.3, -0.25) is 9.36 Å². The number of piperidine rings is 1. The molecule has 5 rings (SSSR count). The van der Waals surface area contributed by atoms with E-state index >= 15 is 0 Å². The molecule has 0 amide bonds. The normalized spacial score (nSPS) is 27.8. The molecule has 0 aromatic carbocycles. The van der Waals surface area contributed by atoms with Gasteiger partial charge in [0.25, 0.3) is 5.56 Å². The Hall–Kier alpha value is -2.04. The maximum absolute atomic E-state index is 12.7. The molecule has 2 aromatic heterocycles. The fourth-order valence-electron chi connectivity index (χ4n) is 5.10. The van der Waals surface area contributed by atoms with Gasteiger partial charge in [-0.1, -0.05) is 0 Å². The molecule has 32 heavy (non-hydrogen) atoms. The molecule has 9 nitrogen and oxygen atoms in total. The smallest absolute Gasteiger partial charge is 0.252 e. The third-order valence-electron chi connectivity index (χ3n) is 7.18. The molecule has 0 radical (unpaired) electrons. The topological polar surface area (TPSA) is 117 Å². The van der Waals surface area contributed by atoms with Crippen LogP contribution < -0.4 is 10.9 Å². The molecule has 174 valence electrons. The molecule has 2 saturated carbocycles. The number of pyridine rings is 1. The second-order valence-corrected chi connectivity index (χ2v) is 11.8. The van der Waals surface area contributed by atoms with E-state index in [-0.39, 0.29) is 23.4 Å². The highest BCUT2D eigenvalue weighted by molar-refractivity contribution is 7.89. The summed E-state index contributed by atoms with van der Waals surface area (Å²) in [5.74, 6) is 1.05. The molecule has 2 aromatic rings. The number of nitrogens with one attached hydrogen (secondary N) is 1. The molecule has 1 aliphatic heterocycles. The Morgan fingerprint density at radius 1 is 1.19 bits per heavy atom. The monoisotopic (exact) mass is 461 g/mol. The Labute approximate surface area is 187 Å². The van der Waals surface area contributed by atoms with Crippen molar-refractivity contribution in [3.63, 3.8) is 0 Å². The van der Waals surface area contributed by atoms with Crippen LogP contribution in [0.1, 0.15) is 57.9 Å². The van der Waals surface area contributed by atoms with Gasteiger partial charge in [0, 0.05) is 36.8 Å².